The number of hydrogen-bond donors (Lipinski definition) is 0. The highest BCUT2D eigenvalue weighted by Gasteiger charge is 2.41. The largest absolute Gasteiger partial charge is 0.375 e. The summed E-state index contributed by atoms with van der Waals surface area (Å²) in [6.45, 7) is 5.70. The van der Waals surface area contributed by atoms with Gasteiger partial charge >= 0.3 is 0 Å². The first-order valence-corrected chi connectivity index (χ1v) is 5.84. The van der Waals surface area contributed by atoms with Gasteiger partial charge in [0.15, 0.2) is 0 Å². The summed E-state index contributed by atoms with van der Waals surface area (Å²) in [7, 11) is 0. The van der Waals surface area contributed by atoms with Crippen LogP contribution in [0.5, 0.6) is 0 Å². The maximum atomic E-state index is 5.71. The van der Waals surface area contributed by atoms with E-state index in [1.165, 1.54) is 38.5 Å². The van der Waals surface area contributed by atoms with Crippen LogP contribution in [0.4, 0.5) is 0 Å². The van der Waals surface area contributed by atoms with Crippen molar-refractivity contribution in [3.05, 3.63) is 0 Å². The van der Waals surface area contributed by atoms with E-state index in [-0.39, 0.29) is 0 Å². The second-order valence-corrected chi connectivity index (χ2v) is 5.35. The third-order valence-corrected chi connectivity index (χ3v) is 3.79. The van der Waals surface area contributed by atoms with Crippen LogP contribution in [0.15, 0.2) is 0 Å². The molecule has 2 aliphatic rings. The summed E-state index contributed by atoms with van der Waals surface area (Å²) in [5.74, 6) is 1.87. The standard InChI is InChI=1S/C12H22O/c1-10(2)9-11-3-5-12(6-4-11)7-8-13-12/h10-11H,3-9H2,1-2H3. The van der Waals surface area contributed by atoms with Crippen LogP contribution >= 0.6 is 0 Å². The molecule has 0 aromatic rings. The zero-order chi connectivity index (χ0) is 9.31. The summed E-state index contributed by atoms with van der Waals surface area (Å²) in [5, 5.41) is 0. The summed E-state index contributed by atoms with van der Waals surface area (Å²) < 4.78 is 5.71. The number of rotatable bonds is 2. The van der Waals surface area contributed by atoms with Crippen molar-refractivity contribution in [3.8, 4) is 0 Å². The van der Waals surface area contributed by atoms with E-state index in [1.54, 1.807) is 0 Å². The predicted molar refractivity (Wildman–Crippen MR) is 54.7 cm³/mol. The van der Waals surface area contributed by atoms with Gasteiger partial charge in [0.2, 0.25) is 0 Å². The molecule has 1 saturated heterocycles. The van der Waals surface area contributed by atoms with Crippen molar-refractivity contribution >= 4 is 0 Å². The lowest BCUT2D eigenvalue weighted by atomic mass is 9.73. The van der Waals surface area contributed by atoms with E-state index < -0.39 is 0 Å². The van der Waals surface area contributed by atoms with Gasteiger partial charge in [-0.3, -0.25) is 0 Å². The molecule has 0 aromatic heterocycles. The summed E-state index contributed by atoms with van der Waals surface area (Å²) >= 11 is 0. The molecule has 76 valence electrons. The van der Waals surface area contributed by atoms with Gasteiger partial charge in [-0.1, -0.05) is 13.8 Å². The highest BCUT2D eigenvalue weighted by Crippen LogP contribution is 2.43. The molecule has 2 rings (SSSR count). The van der Waals surface area contributed by atoms with Crippen LogP contribution in [0.3, 0.4) is 0 Å². The molecule has 1 spiro atoms. The van der Waals surface area contributed by atoms with Crippen molar-refractivity contribution in [3.63, 3.8) is 0 Å². The first kappa shape index (κ1) is 9.51. The van der Waals surface area contributed by atoms with Gasteiger partial charge in [-0.15, -0.1) is 0 Å². The minimum atomic E-state index is 0.369. The third kappa shape index (κ3) is 2.07. The van der Waals surface area contributed by atoms with Crippen molar-refractivity contribution in [2.75, 3.05) is 6.61 Å². The molecule has 0 radical (unpaired) electrons. The molecule has 1 aliphatic heterocycles. The van der Waals surface area contributed by atoms with E-state index in [0.29, 0.717) is 5.60 Å². The monoisotopic (exact) mass is 182 g/mol. The van der Waals surface area contributed by atoms with Crippen LogP contribution in [0, 0.1) is 11.8 Å². The lowest BCUT2D eigenvalue weighted by Crippen LogP contribution is -2.46. The molecule has 1 aliphatic carbocycles. The van der Waals surface area contributed by atoms with Gasteiger partial charge in [0.05, 0.1) is 12.2 Å². The quantitative estimate of drug-likeness (QED) is 0.636. The summed E-state index contributed by atoms with van der Waals surface area (Å²) in [5.41, 5.74) is 0.369. The van der Waals surface area contributed by atoms with E-state index in [1.807, 2.05) is 0 Å². The molecule has 0 N–H and O–H groups in total. The Hall–Kier alpha value is -0.0400. The molecule has 0 bridgehead atoms. The molecule has 1 heteroatoms. The smallest absolute Gasteiger partial charge is 0.0704 e. The predicted octanol–water partition coefficient (Wildman–Crippen LogP) is 3.38. The van der Waals surface area contributed by atoms with Crippen LogP contribution in [0.1, 0.15) is 52.4 Å². The van der Waals surface area contributed by atoms with Gasteiger partial charge in [-0.25, -0.2) is 0 Å². The van der Waals surface area contributed by atoms with Crippen LogP contribution in [-0.2, 0) is 4.74 Å². The second-order valence-electron chi connectivity index (χ2n) is 5.35. The Morgan fingerprint density at radius 2 is 1.85 bits per heavy atom. The van der Waals surface area contributed by atoms with Crippen molar-refractivity contribution in [2.45, 2.75) is 58.0 Å². The minimum absolute atomic E-state index is 0.369. The van der Waals surface area contributed by atoms with Crippen molar-refractivity contribution in [1.82, 2.24) is 0 Å². The fourth-order valence-electron chi connectivity index (χ4n) is 2.89. The average molecular weight is 182 g/mol. The molecule has 0 unspecified atom stereocenters. The molecule has 2 fully saturated rings. The molecule has 1 heterocycles. The van der Waals surface area contributed by atoms with Gasteiger partial charge in [0.1, 0.15) is 0 Å². The molecule has 1 saturated carbocycles. The Labute approximate surface area is 81.9 Å². The van der Waals surface area contributed by atoms with Gasteiger partial charge in [-0.05, 0) is 50.4 Å². The average Bonchev–Trinajstić information content (AvgIpc) is 2.02. The van der Waals surface area contributed by atoms with Crippen molar-refractivity contribution < 1.29 is 4.74 Å². The maximum Gasteiger partial charge on any atom is 0.0704 e. The molecule has 0 amide bonds. The Bertz CT molecular complexity index is 160. The molecular weight excluding hydrogens is 160 g/mol. The molecule has 0 atom stereocenters. The van der Waals surface area contributed by atoms with Gasteiger partial charge in [-0.2, -0.15) is 0 Å². The highest BCUT2D eigenvalue weighted by atomic mass is 16.5. The zero-order valence-corrected chi connectivity index (χ0v) is 9.01. The normalized spacial score (nSPS) is 39.5. The third-order valence-electron chi connectivity index (χ3n) is 3.79. The van der Waals surface area contributed by atoms with Crippen LogP contribution in [0.25, 0.3) is 0 Å². The summed E-state index contributed by atoms with van der Waals surface area (Å²) in [6, 6.07) is 0. The van der Waals surface area contributed by atoms with E-state index in [4.69, 9.17) is 4.74 Å². The van der Waals surface area contributed by atoms with E-state index in [9.17, 15) is 0 Å². The number of ether oxygens (including phenoxy) is 1. The second kappa shape index (κ2) is 3.61. The Morgan fingerprint density at radius 1 is 1.23 bits per heavy atom. The SMILES string of the molecule is CC(C)CC1CCC2(CCO2)CC1. The minimum Gasteiger partial charge on any atom is -0.375 e. The highest BCUT2D eigenvalue weighted by molar-refractivity contribution is 4.92. The first-order chi connectivity index (χ1) is 6.20. The fraction of sp³-hybridized carbons (Fsp3) is 1.00. The Morgan fingerprint density at radius 3 is 2.23 bits per heavy atom. The molecule has 13 heavy (non-hydrogen) atoms. The number of hydrogen-bond acceptors (Lipinski definition) is 1. The van der Waals surface area contributed by atoms with Crippen molar-refractivity contribution in [2.24, 2.45) is 11.8 Å². The van der Waals surface area contributed by atoms with E-state index >= 15 is 0 Å². The van der Waals surface area contributed by atoms with Gasteiger partial charge < -0.3 is 4.74 Å². The zero-order valence-electron chi connectivity index (χ0n) is 9.01. The van der Waals surface area contributed by atoms with Gasteiger partial charge in [0, 0.05) is 0 Å². The summed E-state index contributed by atoms with van der Waals surface area (Å²) in [4.78, 5) is 0. The molecule has 0 aromatic carbocycles. The molecular formula is C12H22O. The van der Waals surface area contributed by atoms with E-state index in [0.717, 1.165) is 18.4 Å². The molecule has 1 nitrogen and oxygen atoms in total. The lowest BCUT2D eigenvalue weighted by molar-refractivity contribution is -0.170. The van der Waals surface area contributed by atoms with Crippen LogP contribution in [-0.4, -0.2) is 12.2 Å². The Kier molecular flexibility index (Phi) is 2.64. The topological polar surface area (TPSA) is 9.23 Å². The maximum absolute atomic E-state index is 5.71. The first-order valence-electron chi connectivity index (χ1n) is 5.84. The lowest BCUT2D eigenvalue weighted by Gasteiger charge is -2.47. The fourth-order valence-corrected chi connectivity index (χ4v) is 2.89. The van der Waals surface area contributed by atoms with Crippen LogP contribution in [0.2, 0.25) is 0 Å². The van der Waals surface area contributed by atoms with E-state index in [2.05, 4.69) is 13.8 Å². The summed E-state index contributed by atoms with van der Waals surface area (Å²) in [6.07, 6.45) is 8.27. The van der Waals surface area contributed by atoms with Gasteiger partial charge in [0.25, 0.3) is 0 Å². The Balaban J connectivity index is 1.76. The van der Waals surface area contributed by atoms with Crippen LogP contribution < -0.4 is 0 Å². The van der Waals surface area contributed by atoms with Crippen molar-refractivity contribution in [1.29, 1.82) is 0 Å².